The summed E-state index contributed by atoms with van der Waals surface area (Å²) in [5.41, 5.74) is 0.393. The molecular weight excluding hydrogens is 412 g/mol. The van der Waals surface area contributed by atoms with Gasteiger partial charge in [0, 0.05) is 29.1 Å². The van der Waals surface area contributed by atoms with Gasteiger partial charge in [-0.1, -0.05) is 11.6 Å². The number of rotatable bonds is 4. The summed E-state index contributed by atoms with van der Waals surface area (Å²) < 4.78 is 12.5. The molecule has 136 valence electrons. The first-order valence-corrected chi connectivity index (χ1v) is 8.83. The first-order chi connectivity index (χ1) is 11.6. The molecule has 1 heterocycles. The van der Waals surface area contributed by atoms with Crippen LogP contribution in [-0.4, -0.2) is 35.9 Å². The Morgan fingerprint density at radius 1 is 1.36 bits per heavy atom. The molecule has 0 aliphatic rings. The number of amides is 1. The van der Waals surface area contributed by atoms with Crippen LogP contribution < -0.4 is 5.32 Å². The Kier molecular flexibility index (Phi) is 6.00. The second-order valence-electron chi connectivity index (χ2n) is 6.41. The van der Waals surface area contributed by atoms with E-state index in [2.05, 4.69) is 21.2 Å². The first kappa shape index (κ1) is 19.6. The number of nitrogens with one attached hydrogen (secondary N) is 1. The van der Waals surface area contributed by atoms with E-state index in [0.29, 0.717) is 28.1 Å². The highest BCUT2D eigenvalue weighted by molar-refractivity contribution is 9.10. The van der Waals surface area contributed by atoms with Gasteiger partial charge in [0.1, 0.15) is 11.2 Å². The van der Waals surface area contributed by atoms with Crippen LogP contribution in [0, 0.1) is 0 Å². The van der Waals surface area contributed by atoms with Crippen molar-refractivity contribution in [1.29, 1.82) is 0 Å². The number of ether oxygens (including phenoxy) is 2. The zero-order chi connectivity index (χ0) is 18.8. The van der Waals surface area contributed by atoms with E-state index in [4.69, 9.17) is 21.1 Å². The third kappa shape index (κ3) is 4.67. The number of carbonyl (C=O) groups excluding carboxylic acids is 2. The molecular formula is C17H20BrClN2O4. The highest BCUT2D eigenvalue weighted by Crippen LogP contribution is 2.34. The number of carbonyl (C=O) groups is 2. The van der Waals surface area contributed by atoms with Crippen LogP contribution in [0.2, 0.25) is 5.02 Å². The number of hydrogen-bond donors (Lipinski definition) is 1. The van der Waals surface area contributed by atoms with E-state index < -0.39 is 17.7 Å². The molecule has 6 nitrogen and oxygen atoms in total. The van der Waals surface area contributed by atoms with Gasteiger partial charge in [0.2, 0.25) is 0 Å². The Morgan fingerprint density at radius 2 is 2.04 bits per heavy atom. The Hall–Kier alpha value is -1.73. The number of methoxy groups -OCH3 is 1. The van der Waals surface area contributed by atoms with Crippen LogP contribution in [0.4, 0.5) is 4.79 Å². The van der Waals surface area contributed by atoms with Gasteiger partial charge in [-0.25, -0.2) is 9.59 Å². The minimum absolute atomic E-state index is 0.288. The van der Waals surface area contributed by atoms with Gasteiger partial charge in [-0.2, -0.15) is 0 Å². The Balaban J connectivity index is 2.24. The van der Waals surface area contributed by atoms with Crippen LogP contribution >= 0.6 is 27.5 Å². The van der Waals surface area contributed by atoms with Crippen LogP contribution in [0.1, 0.15) is 31.1 Å². The minimum atomic E-state index is -0.553. The van der Waals surface area contributed by atoms with E-state index in [1.54, 1.807) is 20.8 Å². The SMILES string of the molecule is COC(=O)c1c(Cl)c(Br)cc2ccn(CCNC(=O)OC(C)(C)C)c12. The number of fused-ring (bicyclic) bond motifs is 1. The lowest BCUT2D eigenvalue weighted by Gasteiger charge is -2.19. The van der Waals surface area contributed by atoms with Crippen molar-refractivity contribution in [2.75, 3.05) is 13.7 Å². The number of benzene rings is 1. The number of esters is 1. The lowest BCUT2D eigenvalue weighted by Crippen LogP contribution is -2.34. The number of nitrogens with zero attached hydrogens (tertiary/aromatic N) is 1. The van der Waals surface area contributed by atoms with E-state index >= 15 is 0 Å². The fourth-order valence-electron chi connectivity index (χ4n) is 2.38. The molecule has 1 amide bonds. The Bertz CT molecular complexity index is 811. The third-order valence-corrected chi connectivity index (χ3v) is 4.60. The standard InChI is InChI=1S/C17H20BrClN2O4/c1-17(2,3)25-16(23)20-6-8-21-7-5-10-9-11(18)13(19)12(14(10)21)15(22)24-4/h5,7,9H,6,8H2,1-4H3,(H,20,23). The summed E-state index contributed by atoms with van der Waals surface area (Å²) >= 11 is 9.63. The quantitative estimate of drug-likeness (QED) is 0.730. The van der Waals surface area contributed by atoms with Crippen molar-refractivity contribution in [2.24, 2.45) is 0 Å². The van der Waals surface area contributed by atoms with Gasteiger partial charge in [-0.3, -0.25) is 0 Å². The van der Waals surface area contributed by atoms with Gasteiger partial charge in [0.15, 0.2) is 0 Å². The zero-order valence-electron chi connectivity index (χ0n) is 14.5. The summed E-state index contributed by atoms with van der Waals surface area (Å²) in [4.78, 5) is 23.9. The summed E-state index contributed by atoms with van der Waals surface area (Å²) in [6.45, 7) is 6.19. The largest absolute Gasteiger partial charge is 0.465 e. The first-order valence-electron chi connectivity index (χ1n) is 7.66. The third-order valence-electron chi connectivity index (χ3n) is 3.35. The molecule has 2 aromatic rings. The van der Waals surface area contributed by atoms with Crippen LogP contribution in [0.25, 0.3) is 10.9 Å². The lowest BCUT2D eigenvalue weighted by molar-refractivity contribution is 0.0524. The summed E-state index contributed by atoms with van der Waals surface area (Å²) in [6, 6.07) is 3.71. The fourth-order valence-corrected chi connectivity index (χ4v) is 3.05. The minimum Gasteiger partial charge on any atom is -0.465 e. The lowest BCUT2D eigenvalue weighted by atomic mass is 10.1. The average molecular weight is 432 g/mol. The van der Waals surface area contributed by atoms with Crippen molar-refractivity contribution < 1.29 is 19.1 Å². The van der Waals surface area contributed by atoms with E-state index in [-0.39, 0.29) is 5.56 Å². The van der Waals surface area contributed by atoms with E-state index in [1.807, 2.05) is 22.9 Å². The van der Waals surface area contributed by atoms with Gasteiger partial charge >= 0.3 is 12.1 Å². The van der Waals surface area contributed by atoms with Crippen LogP contribution in [0.5, 0.6) is 0 Å². The molecule has 8 heteroatoms. The maximum absolute atomic E-state index is 12.2. The van der Waals surface area contributed by atoms with Gasteiger partial charge in [-0.05, 0) is 48.8 Å². The molecule has 0 unspecified atom stereocenters. The van der Waals surface area contributed by atoms with E-state index in [9.17, 15) is 9.59 Å². The van der Waals surface area contributed by atoms with Gasteiger partial charge < -0.3 is 19.4 Å². The van der Waals surface area contributed by atoms with Gasteiger partial charge in [-0.15, -0.1) is 0 Å². The molecule has 1 aromatic carbocycles. The molecule has 1 N–H and O–H groups in total. The number of hydrogen-bond acceptors (Lipinski definition) is 4. The van der Waals surface area contributed by atoms with Gasteiger partial charge in [0.05, 0.1) is 17.6 Å². The van der Waals surface area contributed by atoms with Crippen molar-refractivity contribution in [3.63, 3.8) is 0 Å². The summed E-state index contributed by atoms with van der Waals surface area (Å²) in [5, 5.41) is 3.82. The van der Waals surface area contributed by atoms with Crippen LogP contribution in [0.3, 0.4) is 0 Å². The van der Waals surface area contributed by atoms with Crippen molar-refractivity contribution in [2.45, 2.75) is 32.9 Å². The Morgan fingerprint density at radius 3 is 2.64 bits per heavy atom. The van der Waals surface area contributed by atoms with Crippen LogP contribution in [0.15, 0.2) is 22.8 Å². The van der Waals surface area contributed by atoms with E-state index in [1.165, 1.54) is 7.11 Å². The zero-order valence-corrected chi connectivity index (χ0v) is 16.8. The van der Waals surface area contributed by atoms with Gasteiger partial charge in [0.25, 0.3) is 0 Å². The second kappa shape index (κ2) is 7.66. The topological polar surface area (TPSA) is 69.6 Å². The van der Waals surface area contributed by atoms with Crippen molar-refractivity contribution in [3.8, 4) is 0 Å². The molecule has 0 aliphatic carbocycles. The molecule has 0 radical (unpaired) electrons. The van der Waals surface area contributed by atoms with Crippen molar-refractivity contribution >= 4 is 50.5 Å². The molecule has 0 bridgehead atoms. The molecule has 0 fully saturated rings. The van der Waals surface area contributed by atoms with E-state index in [0.717, 1.165) is 5.39 Å². The molecule has 0 aliphatic heterocycles. The molecule has 0 saturated heterocycles. The summed E-state index contributed by atoms with van der Waals surface area (Å²) in [6.07, 6.45) is 1.34. The Labute approximate surface area is 159 Å². The molecule has 0 atom stereocenters. The number of halogens is 2. The molecule has 0 saturated carbocycles. The maximum Gasteiger partial charge on any atom is 0.407 e. The van der Waals surface area contributed by atoms with Crippen LogP contribution in [-0.2, 0) is 16.0 Å². The number of alkyl carbamates (subject to hydrolysis) is 1. The monoisotopic (exact) mass is 430 g/mol. The summed E-state index contributed by atoms with van der Waals surface area (Å²) in [7, 11) is 1.31. The summed E-state index contributed by atoms with van der Waals surface area (Å²) in [5.74, 6) is -0.517. The normalized spacial score (nSPS) is 11.4. The van der Waals surface area contributed by atoms with Crippen molar-refractivity contribution in [3.05, 3.63) is 33.4 Å². The molecule has 2 rings (SSSR count). The smallest absolute Gasteiger partial charge is 0.407 e. The predicted molar refractivity (Wildman–Crippen MR) is 100 cm³/mol. The highest BCUT2D eigenvalue weighted by atomic mass is 79.9. The predicted octanol–water partition coefficient (Wildman–Crippen LogP) is 4.37. The molecule has 25 heavy (non-hydrogen) atoms. The van der Waals surface area contributed by atoms with Crippen molar-refractivity contribution in [1.82, 2.24) is 9.88 Å². The average Bonchev–Trinajstić information content (AvgIpc) is 2.88. The second-order valence-corrected chi connectivity index (χ2v) is 7.65. The highest BCUT2D eigenvalue weighted by Gasteiger charge is 2.21. The maximum atomic E-state index is 12.2. The fraction of sp³-hybridized carbons (Fsp3) is 0.412. The number of aromatic nitrogens is 1. The molecule has 1 aromatic heterocycles. The molecule has 0 spiro atoms.